The molecule has 1 aliphatic rings. The van der Waals surface area contributed by atoms with E-state index in [-0.39, 0.29) is 0 Å². The third-order valence-electron chi connectivity index (χ3n) is 2.33. The Morgan fingerprint density at radius 1 is 1.46 bits per heavy atom. The monoisotopic (exact) mass is 203 g/mol. The molecule has 2 nitrogen and oxygen atoms in total. The molecule has 0 aromatic carbocycles. The second kappa shape index (κ2) is 7.36. The predicted octanol–water partition coefficient (Wildman–Crippen LogP) is 2.29. The number of hydrogen-bond donors (Lipinski definition) is 1. The lowest BCUT2D eigenvalue weighted by atomic mass is 10.0. The van der Waals surface area contributed by atoms with E-state index in [1.165, 1.54) is 31.3 Å². The molecule has 1 unspecified atom stereocenters. The molecule has 1 rings (SSSR count). The van der Waals surface area contributed by atoms with Gasteiger partial charge in [0.05, 0.1) is 6.61 Å². The first-order valence-electron chi connectivity index (χ1n) is 5.00. The largest absolute Gasteiger partial charge is 0.377 e. The fraction of sp³-hybridized carbons (Fsp3) is 0.800. The highest BCUT2D eigenvalue weighted by atomic mass is 35.5. The van der Waals surface area contributed by atoms with Crippen molar-refractivity contribution < 1.29 is 4.74 Å². The van der Waals surface area contributed by atoms with E-state index < -0.39 is 0 Å². The Morgan fingerprint density at radius 3 is 3.08 bits per heavy atom. The van der Waals surface area contributed by atoms with Crippen LogP contribution in [0.4, 0.5) is 0 Å². The molecule has 76 valence electrons. The molecule has 1 saturated heterocycles. The lowest BCUT2D eigenvalue weighted by Gasteiger charge is -2.22. The average Bonchev–Trinajstić information content (AvgIpc) is 2.19. The van der Waals surface area contributed by atoms with Gasteiger partial charge in [-0.25, -0.2) is 0 Å². The van der Waals surface area contributed by atoms with Crippen LogP contribution in [0.1, 0.15) is 25.7 Å². The van der Waals surface area contributed by atoms with Gasteiger partial charge < -0.3 is 10.1 Å². The smallest absolute Gasteiger partial charge is 0.0658 e. The van der Waals surface area contributed by atoms with Gasteiger partial charge in [0.15, 0.2) is 0 Å². The number of hydrogen-bond acceptors (Lipinski definition) is 2. The van der Waals surface area contributed by atoms with Crippen LogP contribution in [-0.4, -0.2) is 25.8 Å². The first-order chi connectivity index (χ1) is 6.43. The summed E-state index contributed by atoms with van der Waals surface area (Å²) in [6.07, 6.45) is 6.92. The van der Waals surface area contributed by atoms with E-state index in [0.717, 1.165) is 13.0 Å². The van der Waals surface area contributed by atoms with Crippen molar-refractivity contribution in [3.8, 4) is 0 Å². The zero-order valence-corrected chi connectivity index (χ0v) is 8.72. The maximum absolute atomic E-state index is 5.37. The van der Waals surface area contributed by atoms with Gasteiger partial charge >= 0.3 is 0 Å². The van der Waals surface area contributed by atoms with Gasteiger partial charge in [0.1, 0.15) is 0 Å². The van der Waals surface area contributed by atoms with E-state index in [1.54, 1.807) is 0 Å². The van der Waals surface area contributed by atoms with Gasteiger partial charge in [-0.2, -0.15) is 0 Å². The summed E-state index contributed by atoms with van der Waals surface area (Å²) in [4.78, 5) is 0. The lowest BCUT2D eigenvalue weighted by molar-refractivity contribution is 0.146. The Bertz CT molecular complexity index is 144. The first kappa shape index (κ1) is 11.0. The molecule has 0 saturated carbocycles. The van der Waals surface area contributed by atoms with Crippen molar-refractivity contribution in [2.24, 2.45) is 0 Å². The van der Waals surface area contributed by atoms with Crippen LogP contribution in [0.25, 0.3) is 0 Å². The van der Waals surface area contributed by atoms with Crippen LogP contribution in [0.2, 0.25) is 0 Å². The molecule has 0 aromatic heterocycles. The van der Waals surface area contributed by atoms with E-state index >= 15 is 0 Å². The molecule has 0 aromatic rings. The molecular weight excluding hydrogens is 186 g/mol. The first-order valence-corrected chi connectivity index (χ1v) is 5.43. The van der Waals surface area contributed by atoms with E-state index in [9.17, 15) is 0 Å². The van der Waals surface area contributed by atoms with Crippen LogP contribution in [0.3, 0.4) is 0 Å². The van der Waals surface area contributed by atoms with Gasteiger partial charge in [-0.05, 0) is 31.9 Å². The number of ether oxygens (including phenoxy) is 1. The molecule has 0 aliphatic carbocycles. The fourth-order valence-corrected chi connectivity index (χ4v) is 1.66. The summed E-state index contributed by atoms with van der Waals surface area (Å²) < 4.78 is 5.37. The van der Waals surface area contributed by atoms with Crippen LogP contribution in [0.15, 0.2) is 11.6 Å². The molecule has 13 heavy (non-hydrogen) atoms. The summed E-state index contributed by atoms with van der Waals surface area (Å²) in [6.45, 7) is 2.64. The Morgan fingerprint density at radius 2 is 2.38 bits per heavy atom. The van der Waals surface area contributed by atoms with Crippen molar-refractivity contribution in [1.82, 2.24) is 5.32 Å². The van der Waals surface area contributed by atoms with Crippen LogP contribution in [0.5, 0.6) is 0 Å². The highest BCUT2D eigenvalue weighted by Crippen LogP contribution is 2.09. The summed E-state index contributed by atoms with van der Waals surface area (Å²) in [5, 5.41) is 3.49. The Labute approximate surface area is 85.3 Å². The minimum absolute atomic E-state index is 0.635. The zero-order valence-electron chi connectivity index (χ0n) is 7.97. The van der Waals surface area contributed by atoms with E-state index in [0.29, 0.717) is 12.6 Å². The standard InChI is InChI=1S/C10H18ClNO/c11-6-3-8-13-9-5-10-4-1-2-7-12-10/h3,6,10,12H,1-2,4-5,7-9H2. The zero-order chi connectivity index (χ0) is 9.36. The predicted molar refractivity (Wildman–Crippen MR) is 56.1 cm³/mol. The number of rotatable bonds is 5. The molecule has 0 radical (unpaired) electrons. The van der Waals surface area contributed by atoms with Gasteiger partial charge in [-0.3, -0.25) is 0 Å². The van der Waals surface area contributed by atoms with E-state index in [2.05, 4.69) is 5.32 Å². The quantitative estimate of drug-likeness (QED) is 0.693. The summed E-state index contributed by atoms with van der Waals surface area (Å²) in [5.74, 6) is 0. The van der Waals surface area contributed by atoms with Crippen molar-refractivity contribution in [3.63, 3.8) is 0 Å². The molecule has 1 fully saturated rings. The van der Waals surface area contributed by atoms with Gasteiger partial charge in [0.25, 0.3) is 0 Å². The molecular formula is C10H18ClNO. The summed E-state index contributed by atoms with van der Waals surface area (Å²) in [5.41, 5.74) is 1.50. The Kier molecular flexibility index (Phi) is 6.25. The highest BCUT2D eigenvalue weighted by Gasteiger charge is 2.11. The minimum atomic E-state index is 0.635. The molecule has 3 heteroatoms. The number of nitrogens with one attached hydrogen (secondary N) is 1. The molecule has 1 aliphatic heterocycles. The van der Waals surface area contributed by atoms with Crippen molar-refractivity contribution in [2.45, 2.75) is 31.7 Å². The maximum Gasteiger partial charge on any atom is 0.0658 e. The highest BCUT2D eigenvalue weighted by molar-refractivity contribution is 6.25. The van der Waals surface area contributed by atoms with Crippen LogP contribution < -0.4 is 5.32 Å². The third kappa shape index (κ3) is 5.29. The number of piperidine rings is 1. The van der Waals surface area contributed by atoms with Crippen molar-refractivity contribution in [3.05, 3.63) is 11.6 Å². The fourth-order valence-electron chi connectivity index (χ4n) is 1.58. The lowest BCUT2D eigenvalue weighted by Crippen LogP contribution is -2.34. The Hall–Kier alpha value is -0.0500. The van der Waals surface area contributed by atoms with Crippen molar-refractivity contribution in [1.29, 1.82) is 0 Å². The van der Waals surface area contributed by atoms with Crippen LogP contribution in [0, 0.1) is 0 Å². The molecule has 0 spiro atoms. The topological polar surface area (TPSA) is 21.3 Å². The summed E-state index contributed by atoms with van der Waals surface area (Å²) in [6, 6.07) is 0.675. The van der Waals surface area contributed by atoms with Crippen molar-refractivity contribution in [2.75, 3.05) is 19.8 Å². The number of halogens is 1. The van der Waals surface area contributed by atoms with Gasteiger partial charge in [0, 0.05) is 18.2 Å². The van der Waals surface area contributed by atoms with Gasteiger partial charge in [-0.1, -0.05) is 18.0 Å². The third-order valence-corrected chi connectivity index (χ3v) is 2.50. The summed E-state index contributed by atoms with van der Waals surface area (Å²) >= 11 is 5.36. The molecule has 1 heterocycles. The molecule has 0 amide bonds. The normalized spacial score (nSPS) is 23.9. The second-order valence-electron chi connectivity index (χ2n) is 3.37. The van der Waals surface area contributed by atoms with Gasteiger partial charge in [-0.15, -0.1) is 0 Å². The van der Waals surface area contributed by atoms with Crippen LogP contribution >= 0.6 is 11.6 Å². The average molecular weight is 204 g/mol. The minimum Gasteiger partial charge on any atom is -0.377 e. The van der Waals surface area contributed by atoms with Gasteiger partial charge in [0.2, 0.25) is 0 Å². The van der Waals surface area contributed by atoms with E-state index in [4.69, 9.17) is 16.3 Å². The molecule has 1 atom stereocenters. The molecule has 0 bridgehead atoms. The second-order valence-corrected chi connectivity index (χ2v) is 3.62. The van der Waals surface area contributed by atoms with E-state index in [1.807, 2.05) is 6.08 Å². The summed E-state index contributed by atoms with van der Waals surface area (Å²) in [7, 11) is 0. The maximum atomic E-state index is 5.37. The van der Waals surface area contributed by atoms with Crippen LogP contribution in [-0.2, 0) is 4.74 Å². The SMILES string of the molecule is ClC=CCOCCC1CCCCN1. The molecule has 1 N–H and O–H groups in total. The van der Waals surface area contributed by atoms with Crippen molar-refractivity contribution >= 4 is 11.6 Å². The Balaban J connectivity index is 1.92.